The highest BCUT2D eigenvalue weighted by atomic mass is 16.6. The Kier molecular flexibility index (Phi) is 4.65. The first-order valence-electron chi connectivity index (χ1n) is 6.65. The molecule has 0 spiro atoms. The van der Waals surface area contributed by atoms with Crippen molar-refractivity contribution in [2.75, 3.05) is 18.4 Å². The summed E-state index contributed by atoms with van der Waals surface area (Å²) in [4.78, 5) is 26.2. The minimum Gasteiger partial charge on any atom is -0.376 e. The molecule has 0 aliphatic carbocycles. The number of nitrogens with one attached hydrogen (secondary N) is 2. The average molecular weight is 288 g/mol. The lowest BCUT2D eigenvalue weighted by molar-refractivity contribution is -0.383. The van der Waals surface area contributed by atoms with Gasteiger partial charge in [0.15, 0.2) is 0 Å². The van der Waals surface area contributed by atoms with E-state index in [9.17, 15) is 14.9 Å². The number of carbonyl (C=O) groups excluding carboxylic acids is 1. The number of hydrogen-bond donors (Lipinski definition) is 2. The molecule has 1 heterocycles. The molecule has 2 rings (SSSR count). The van der Waals surface area contributed by atoms with E-state index in [1.165, 1.54) is 12.3 Å². The van der Waals surface area contributed by atoms with Crippen molar-refractivity contribution >= 4 is 28.1 Å². The molecule has 1 aromatic carbocycles. The van der Waals surface area contributed by atoms with E-state index in [4.69, 9.17) is 0 Å². The van der Waals surface area contributed by atoms with Crippen LogP contribution in [0.1, 0.15) is 13.3 Å². The van der Waals surface area contributed by atoms with Crippen LogP contribution >= 0.6 is 0 Å². The molecule has 0 radical (unpaired) electrons. The maximum atomic E-state index is 11.6. The molecule has 110 valence electrons. The van der Waals surface area contributed by atoms with Crippen LogP contribution in [0, 0.1) is 10.1 Å². The second-order valence-electron chi connectivity index (χ2n) is 4.51. The van der Waals surface area contributed by atoms with Crippen LogP contribution < -0.4 is 10.6 Å². The van der Waals surface area contributed by atoms with Gasteiger partial charge in [0.25, 0.3) is 5.69 Å². The van der Waals surface area contributed by atoms with Crippen molar-refractivity contribution in [1.29, 1.82) is 0 Å². The van der Waals surface area contributed by atoms with E-state index < -0.39 is 4.92 Å². The topological polar surface area (TPSA) is 97.2 Å². The van der Waals surface area contributed by atoms with E-state index in [1.807, 2.05) is 6.92 Å². The zero-order chi connectivity index (χ0) is 15.2. The third-order valence-electron chi connectivity index (χ3n) is 3.00. The molecular formula is C14H16N4O3. The predicted octanol–water partition coefficient (Wildman–Crippen LogP) is 2.08. The van der Waals surface area contributed by atoms with Crippen molar-refractivity contribution in [1.82, 2.24) is 10.3 Å². The monoisotopic (exact) mass is 288 g/mol. The number of carbonyl (C=O) groups is 1. The van der Waals surface area contributed by atoms with Crippen LogP contribution in [0.15, 0.2) is 30.6 Å². The molecule has 0 fully saturated rings. The first-order valence-corrected chi connectivity index (χ1v) is 6.65. The van der Waals surface area contributed by atoms with Gasteiger partial charge >= 0.3 is 0 Å². The van der Waals surface area contributed by atoms with E-state index >= 15 is 0 Å². The van der Waals surface area contributed by atoms with Crippen molar-refractivity contribution < 1.29 is 9.72 Å². The maximum Gasteiger partial charge on any atom is 0.277 e. The largest absolute Gasteiger partial charge is 0.376 e. The molecular weight excluding hydrogens is 272 g/mol. The van der Waals surface area contributed by atoms with Gasteiger partial charge in [-0.15, -0.1) is 0 Å². The van der Waals surface area contributed by atoms with Gasteiger partial charge in [-0.3, -0.25) is 19.9 Å². The van der Waals surface area contributed by atoms with E-state index in [0.717, 1.165) is 6.42 Å². The molecule has 7 heteroatoms. The zero-order valence-electron chi connectivity index (χ0n) is 11.6. The van der Waals surface area contributed by atoms with Crippen LogP contribution in [0.2, 0.25) is 0 Å². The molecule has 0 atom stereocenters. The lowest BCUT2D eigenvalue weighted by Crippen LogP contribution is -2.30. The van der Waals surface area contributed by atoms with Crippen LogP contribution in [0.4, 0.5) is 11.4 Å². The standard InChI is InChI=1S/C14H16N4O3/c1-2-6-16-14(19)9-17-12-3-4-13(18(20)21)10-5-7-15-8-11(10)12/h3-5,7-8,17H,2,6,9H2,1H3,(H,16,19). The molecule has 0 bridgehead atoms. The predicted molar refractivity (Wildman–Crippen MR) is 80.2 cm³/mol. The molecule has 21 heavy (non-hydrogen) atoms. The van der Waals surface area contributed by atoms with E-state index in [2.05, 4.69) is 15.6 Å². The molecule has 1 amide bonds. The van der Waals surface area contributed by atoms with Gasteiger partial charge in [-0.2, -0.15) is 0 Å². The molecule has 2 aromatic rings. The molecule has 0 unspecified atom stereocenters. The smallest absolute Gasteiger partial charge is 0.277 e. The first kappa shape index (κ1) is 14.7. The second-order valence-corrected chi connectivity index (χ2v) is 4.51. The number of hydrogen-bond acceptors (Lipinski definition) is 5. The number of nitrogens with zero attached hydrogens (tertiary/aromatic N) is 2. The van der Waals surface area contributed by atoms with Crippen LogP contribution in [-0.4, -0.2) is 28.9 Å². The number of nitro groups is 1. The number of nitro benzene ring substituents is 1. The summed E-state index contributed by atoms with van der Waals surface area (Å²) < 4.78 is 0. The first-order chi connectivity index (χ1) is 10.1. The fourth-order valence-corrected chi connectivity index (χ4v) is 1.99. The normalized spacial score (nSPS) is 10.3. The molecule has 2 N–H and O–H groups in total. The van der Waals surface area contributed by atoms with Gasteiger partial charge in [0, 0.05) is 36.1 Å². The molecule has 0 aliphatic rings. The van der Waals surface area contributed by atoms with Crippen molar-refractivity contribution in [2.24, 2.45) is 0 Å². The van der Waals surface area contributed by atoms with Crippen molar-refractivity contribution in [2.45, 2.75) is 13.3 Å². The Morgan fingerprint density at radius 1 is 1.33 bits per heavy atom. The highest BCUT2D eigenvalue weighted by Gasteiger charge is 2.14. The summed E-state index contributed by atoms with van der Waals surface area (Å²) >= 11 is 0. The summed E-state index contributed by atoms with van der Waals surface area (Å²) in [6, 6.07) is 4.61. The lowest BCUT2D eigenvalue weighted by atomic mass is 10.1. The summed E-state index contributed by atoms with van der Waals surface area (Å²) in [5.41, 5.74) is 0.670. The maximum absolute atomic E-state index is 11.6. The number of non-ortho nitro benzene ring substituents is 1. The fraction of sp³-hybridized carbons (Fsp3) is 0.286. The second kappa shape index (κ2) is 6.65. The number of fused-ring (bicyclic) bond motifs is 1. The Balaban J connectivity index is 2.23. The molecule has 0 aliphatic heterocycles. The van der Waals surface area contributed by atoms with Crippen molar-refractivity contribution in [3.8, 4) is 0 Å². The van der Waals surface area contributed by atoms with Gasteiger partial charge in [0.1, 0.15) is 0 Å². The summed E-state index contributed by atoms with van der Waals surface area (Å²) in [6.07, 6.45) is 3.93. The summed E-state index contributed by atoms with van der Waals surface area (Å²) in [5, 5.41) is 17.9. The number of benzene rings is 1. The minimum absolute atomic E-state index is 0.0217. The Labute approximate surface area is 121 Å². The van der Waals surface area contributed by atoms with Gasteiger partial charge in [0.05, 0.1) is 16.9 Å². The minimum atomic E-state index is -0.430. The summed E-state index contributed by atoms with van der Waals surface area (Å²) in [6.45, 7) is 2.72. The Morgan fingerprint density at radius 2 is 2.14 bits per heavy atom. The summed E-state index contributed by atoms with van der Waals surface area (Å²) in [5.74, 6) is -0.118. The van der Waals surface area contributed by atoms with Gasteiger partial charge < -0.3 is 10.6 Å². The highest BCUT2D eigenvalue weighted by molar-refractivity contribution is 5.99. The summed E-state index contributed by atoms with van der Waals surface area (Å²) in [7, 11) is 0. The van der Waals surface area contributed by atoms with Crippen LogP contribution in [0.3, 0.4) is 0 Å². The third kappa shape index (κ3) is 3.44. The zero-order valence-corrected chi connectivity index (χ0v) is 11.6. The Bertz CT molecular complexity index is 672. The molecule has 7 nitrogen and oxygen atoms in total. The van der Waals surface area contributed by atoms with Crippen LogP contribution in [0.5, 0.6) is 0 Å². The van der Waals surface area contributed by atoms with Crippen LogP contribution in [-0.2, 0) is 4.79 Å². The number of anilines is 1. The molecule has 0 saturated carbocycles. The van der Waals surface area contributed by atoms with Crippen molar-refractivity contribution in [3.05, 3.63) is 40.7 Å². The third-order valence-corrected chi connectivity index (χ3v) is 3.00. The van der Waals surface area contributed by atoms with Crippen LogP contribution in [0.25, 0.3) is 10.8 Å². The molecule has 1 aromatic heterocycles. The van der Waals surface area contributed by atoms with Gasteiger partial charge in [0.2, 0.25) is 5.91 Å². The number of amides is 1. The van der Waals surface area contributed by atoms with E-state index in [0.29, 0.717) is 23.0 Å². The number of rotatable bonds is 6. The Morgan fingerprint density at radius 3 is 2.86 bits per heavy atom. The van der Waals surface area contributed by atoms with Gasteiger partial charge in [-0.25, -0.2) is 0 Å². The Hall–Kier alpha value is -2.70. The van der Waals surface area contributed by atoms with Gasteiger partial charge in [-0.1, -0.05) is 6.92 Å². The lowest BCUT2D eigenvalue weighted by Gasteiger charge is -2.10. The SMILES string of the molecule is CCCNC(=O)CNc1ccc([N+](=O)[O-])c2ccncc12. The van der Waals surface area contributed by atoms with E-state index in [-0.39, 0.29) is 18.1 Å². The van der Waals surface area contributed by atoms with Crippen molar-refractivity contribution in [3.63, 3.8) is 0 Å². The number of aromatic nitrogens is 1. The van der Waals surface area contributed by atoms with E-state index in [1.54, 1.807) is 18.3 Å². The molecule has 0 saturated heterocycles. The highest BCUT2D eigenvalue weighted by Crippen LogP contribution is 2.30. The average Bonchev–Trinajstić information content (AvgIpc) is 2.50. The quantitative estimate of drug-likeness (QED) is 0.626. The number of pyridine rings is 1. The fourth-order valence-electron chi connectivity index (χ4n) is 1.99. The van der Waals surface area contributed by atoms with Gasteiger partial charge in [-0.05, 0) is 18.6 Å².